The van der Waals surface area contributed by atoms with Crippen molar-refractivity contribution in [2.24, 2.45) is 11.8 Å². The highest BCUT2D eigenvalue weighted by Gasteiger charge is 2.34. The van der Waals surface area contributed by atoms with Gasteiger partial charge in [-0.05, 0) is 36.8 Å². The van der Waals surface area contributed by atoms with Gasteiger partial charge in [0.15, 0.2) is 9.84 Å². The van der Waals surface area contributed by atoms with Crippen LogP contribution < -0.4 is 0 Å². The van der Waals surface area contributed by atoms with Gasteiger partial charge in [-0.15, -0.1) is 0 Å². The molecule has 1 N–H and O–H groups in total. The van der Waals surface area contributed by atoms with Crippen molar-refractivity contribution in [1.29, 1.82) is 0 Å². The Morgan fingerprint density at radius 1 is 1.29 bits per heavy atom. The fourth-order valence-corrected chi connectivity index (χ4v) is 4.68. The van der Waals surface area contributed by atoms with Crippen LogP contribution in [0, 0.1) is 11.8 Å². The summed E-state index contributed by atoms with van der Waals surface area (Å²) in [5, 5.41) is 9.24. The van der Waals surface area contributed by atoms with Crippen LogP contribution in [-0.4, -0.2) is 38.1 Å². The van der Waals surface area contributed by atoms with E-state index < -0.39 is 9.84 Å². The minimum Gasteiger partial charge on any atom is -0.394 e. The molecule has 0 aliphatic carbocycles. The first-order valence-corrected chi connectivity index (χ1v) is 9.13. The predicted octanol–water partition coefficient (Wildman–Crippen LogP) is 2.27. The summed E-state index contributed by atoms with van der Waals surface area (Å²) in [5.41, 5.74) is 0. The van der Waals surface area contributed by atoms with E-state index in [-0.39, 0.29) is 30.5 Å². The molecule has 0 saturated carbocycles. The van der Waals surface area contributed by atoms with Gasteiger partial charge in [-0.1, -0.05) is 32.0 Å². The molecule has 0 unspecified atom stereocenters. The fraction of sp³-hybridized carbons (Fsp3) is 0.625. The highest BCUT2D eigenvalue weighted by Crippen LogP contribution is 2.30. The van der Waals surface area contributed by atoms with Crippen molar-refractivity contribution in [3.8, 4) is 0 Å². The number of rotatable bonds is 5. The van der Waals surface area contributed by atoms with E-state index in [1.54, 1.807) is 30.3 Å². The molecule has 0 amide bonds. The zero-order chi connectivity index (χ0) is 15.5. The van der Waals surface area contributed by atoms with Crippen LogP contribution in [0.15, 0.2) is 35.2 Å². The van der Waals surface area contributed by atoms with E-state index >= 15 is 0 Å². The number of sulfone groups is 1. The summed E-state index contributed by atoms with van der Waals surface area (Å²) < 4.78 is 30.8. The first-order chi connectivity index (χ1) is 9.94. The van der Waals surface area contributed by atoms with Crippen LogP contribution in [0.3, 0.4) is 0 Å². The summed E-state index contributed by atoms with van der Waals surface area (Å²) in [7, 11) is -3.30. The molecule has 4 nitrogen and oxygen atoms in total. The zero-order valence-electron chi connectivity index (χ0n) is 12.6. The summed E-state index contributed by atoms with van der Waals surface area (Å²) in [6.07, 6.45) is 1.53. The molecule has 1 heterocycles. The first-order valence-electron chi connectivity index (χ1n) is 7.48. The number of hydrogen-bond acceptors (Lipinski definition) is 4. The van der Waals surface area contributed by atoms with Gasteiger partial charge in [0.25, 0.3) is 0 Å². The van der Waals surface area contributed by atoms with Crippen molar-refractivity contribution in [2.45, 2.75) is 43.8 Å². The van der Waals surface area contributed by atoms with Crippen LogP contribution >= 0.6 is 0 Å². The van der Waals surface area contributed by atoms with E-state index in [0.29, 0.717) is 10.8 Å². The minimum absolute atomic E-state index is 0.00136. The fourth-order valence-electron chi connectivity index (χ4n) is 3.03. The van der Waals surface area contributed by atoms with Crippen LogP contribution in [-0.2, 0) is 14.6 Å². The number of aliphatic hydroxyl groups excluding tert-OH is 1. The maximum atomic E-state index is 12.4. The molecule has 0 aromatic heterocycles. The molecule has 0 spiro atoms. The van der Waals surface area contributed by atoms with Crippen molar-refractivity contribution in [3.63, 3.8) is 0 Å². The van der Waals surface area contributed by atoms with Crippen molar-refractivity contribution >= 4 is 9.84 Å². The van der Waals surface area contributed by atoms with E-state index in [0.717, 1.165) is 12.8 Å². The lowest BCUT2D eigenvalue weighted by Crippen LogP contribution is -2.41. The maximum absolute atomic E-state index is 12.4. The second kappa shape index (κ2) is 6.90. The SMILES string of the molecule is C[C@@H]1CC[C@@H](CO)O[C@@H]1[C@@H](C)CS(=O)(=O)c1ccccc1. The van der Waals surface area contributed by atoms with Crippen molar-refractivity contribution < 1.29 is 18.3 Å². The first kappa shape index (κ1) is 16.5. The minimum atomic E-state index is -3.30. The molecule has 1 saturated heterocycles. The molecular formula is C16H24O4S. The van der Waals surface area contributed by atoms with Crippen LogP contribution in [0.2, 0.25) is 0 Å². The Morgan fingerprint density at radius 2 is 1.95 bits per heavy atom. The number of aliphatic hydroxyl groups is 1. The molecule has 118 valence electrons. The molecule has 1 aromatic carbocycles. The third kappa shape index (κ3) is 4.05. The average Bonchev–Trinajstić information content (AvgIpc) is 2.48. The van der Waals surface area contributed by atoms with Gasteiger partial charge in [-0.25, -0.2) is 8.42 Å². The normalized spacial score (nSPS) is 28.2. The second-order valence-corrected chi connectivity index (χ2v) is 8.07. The van der Waals surface area contributed by atoms with Crippen LogP contribution in [0.4, 0.5) is 0 Å². The number of hydrogen-bond donors (Lipinski definition) is 1. The van der Waals surface area contributed by atoms with Gasteiger partial charge in [-0.2, -0.15) is 0 Å². The summed E-state index contributed by atoms with van der Waals surface area (Å²) in [4.78, 5) is 0.360. The Bertz CT molecular complexity index is 541. The highest BCUT2D eigenvalue weighted by atomic mass is 32.2. The topological polar surface area (TPSA) is 63.6 Å². The van der Waals surface area contributed by atoms with Crippen LogP contribution in [0.5, 0.6) is 0 Å². The molecule has 1 aromatic rings. The largest absolute Gasteiger partial charge is 0.394 e. The van der Waals surface area contributed by atoms with Gasteiger partial charge < -0.3 is 9.84 Å². The molecule has 1 aliphatic rings. The molecule has 1 fully saturated rings. The van der Waals surface area contributed by atoms with Gasteiger partial charge in [0.05, 0.1) is 29.5 Å². The van der Waals surface area contributed by atoms with Crippen molar-refractivity contribution in [2.75, 3.05) is 12.4 Å². The number of benzene rings is 1. The maximum Gasteiger partial charge on any atom is 0.178 e. The van der Waals surface area contributed by atoms with E-state index in [1.165, 1.54) is 0 Å². The molecule has 21 heavy (non-hydrogen) atoms. The Labute approximate surface area is 127 Å². The Hall–Kier alpha value is -0.910. The third-order valence-corrected chi connectivity index (χ3v) is 6.16. The summed E-state index contributed by atoms with van der Waals surface area (Å²) in [6.45, 7) is 4.01. The van der Waals surface area contributed by atoms with E-state index in [9.17, 15) is 13.5 Å². The molecule has 0 bridgehead atoms. The van der Waals surface area contributed by atoms with Gasteiger partial charge in [0.2, 0.25) is 0 Å². The lowest BCUT2D eigenvalue weighted by atomic mass is 9.87. The second-order valence-electron chi connectivity index (χ2n) is 6.03. The lowest BCUT2D eigenvalue weighted by molar-refractivity contribution is -0.114. The Kier molecular flexibility index (Phi) is 5.41. The van der Waals surface area contributed by atoms with Crippen molar-refractivity contribution in [3.05, 3.63) is 30.3 Å². The van der Waals surface area contributed by atoms with Crippen LogP contribution in [0.1, 0.15) is 26.7 Å². The number of ether oxygens (including phenoxy) is 1. The Morgan fingerprint density at radius 3 is 2.57 bits per heavy atom. The van der Waals surface area contributed by atoms with E-state index in [4.69, 9.17) is 4.74 Å². The predicted molar refractivity (Wildman–Crippen MR) is 81.8 cm³/mol. The Balaban J connectivity index is 2.08. The van der Waals surface area contributed by atoms with Crippen LogP contribution in [0.25, 0.3) is 0 Å². The smallest absolute Gasteiger partial charge is 0.178 e. The van der Waals surface area contributed by atoms with Gasteiger partial charge in [0, 0.05) is 0 Å². The molecular weight excluding hydrogens is 288 g/mol. The summed E-state index contributed by atoms with van der Waals surface area (Å²) in [5.74, 6) is 0.290. The average molecular weight is 312 g/mol. The molecule has 0 radical (unpaired) electrons. The quantitative estimate of drug-likeness (QED) is 0.906. The summed E-state index contributed by atoms with van der Waals surface area (Å²) >= 11 is 0. The van der Waals surface area contributed by atoms with Gasteiger partial charge >= 0.3 is 0 Å². The van der Waals surface area contributed by atoms with Gasteiger partial charge in [-0.3, -0.25) is 0 Å². The summed E-state index contributed by atoms with van der Waals surface area (Å²) in [6, 6.07) is 8.53. The standard InChI is InChI=1S/C16H24O4S/c1-12-8-9-14(10-17)20-16(12)13(2)11-21(18,19)15-6-4-3-5-7-15/h3-7,12-14,16-17H,8-11H2,1-2H3/t12-,13+,14+,16+/m1/s1. The molecule has 4 atom stereocenters. The molecule has 5 heteroatoms. The third-order valence-electron chi connectivity index (χ3n) is 4.20. The van der Waals surface area contributed by atoms with E-state index in [2.05, 4.69) is 6.92 Å². The zero-order valence-corrected chi connectivity index (χ0v) is 13.4. The van der Waals surface area contributed by atoms with Gasteiger partial charge in [0.1, 0.15) is 0 Å². The highest BCUT2D eigenvalue weighted by molar-refractivity contribution is 7.91. The molecule has 2 rings (SSSR count). The molecule has 1 aliphatic heterocycles. The lowest BCUT2D eigenvalue weighted by Gasteiger charge is -2.37. The van der Waals surface area contributed by atoms with E-state index in [1.807, 2.05) is 6.92 Å². The monoisotopic (exact) mass is 312 g/mol. The van der Waals surface area contributed by atoms with Crippen molar-refractivity contribution in [1.82, 2.24) is 0 Å².